The summed E-state index contributed by atoms with van der Waals surface area (Å²) in [6, 6.07) is 21.0. The molecule has 0 aromatic heterocycles. The van der Waals surface area contributed by atoms with Crippen LogP contribution in [0.1, 0.15) is 40.8 Å². The van der Waals surface area contributed by atoms with Crippen LogP contribution in [0.25, 0.3) is 11.1 Å². The lowest BCUT2D eigenvalue weighted by Gasteiger charge is -2.20. The molecule has 4 rings (SSSR count). The minimum absolute atomic E-state index is 0.101. The predicted octanol–water partition coefficient (Wildman–Crippen LogP) is 4.35. The number of nitrogens with one attached hydrogen (secondary N) is 3. The fourth-order valence-electron chi connectivity index (χ4n) is 4.90. The van der Waals surface area contributed by atoms with Gasteiger partial charge >= 0.3 is 12.1 Å². The Morgan fingerprint density at radius 2 is 1.52 bits per heavy atom. The Morgan fingerprint density at radius 3 is 2.10 bits per heavy atom. The van der Waals surface area contributed by atoms with E-state index < -0.39 is 29.5 Å². The molecule has 0 saturated heterocycles. The Kier molecular flexibility index (Phi) is 10.0. The number of carbonyl (C=O) groups is 4. The van der Waals surface area contributed by atoms with Crippen LogP contribution in [0.5, 0.6) is 0 Å². The van der Waals surface area contributed by atoms with Crippen LogP contribution in [-0.4, -0.2) is 62.1 Å². The first-order chi connectivity index (χ1) is 20.2. The van der Waals surface area contributed by atoms with E-state index in [1.54, 1.807) is 38.4 Å². The van der Waals surface area contributed by atoms with Crippen molar-refractivity contribution in [2.45, 2.75) is 30.2 Å². The van der Waals surface area contributed by atoms with E-state index >= 15 is 0 Å². The highest BCUT2D eigenvalue weighted by Crippen LogP contribution is 2.44. The number of ether oxygens (including phenoxy) is 1. The van der Waals surface area contributed by atoms with Crippen molar-refractivity contribution >= 4 is 41.2 Å². The number of urea groups is 1. The number of rotatable bonds is 11. The number of alkyl carbamates (subject to hydrolysis) is 1. The zero-order chi connectivity index (χ0) is 30.2. The predicted molar refractivity (Wildman–Crippen MR) is 161 cm³/mol. The molecule has 0 heterocycles. The van der Waals surface area contributed by atoms with Crippen LogP contribution in [0.3, 0.4) is 0 Å². The van der Waals surface area contributed by atoms with Crippen molar-refractivity contribution in [1.82, 2.24) is 15.5 Å². The number of hydrogen-bond acceptors (Lipinski definition) is 5. The Morgan fingerprint density at radius 1 is 0.929 bits per heavy atom. The number of benzene rings is 3. The van der Waals surface area contributed by atoms with Gasteiger partial charge in [-0.25, -0.2) is 9.59 Å². The van der Waals surface area contributed by atoms with Gasteiger partial charge in [-0.05, 0) is 52.8 Å². The normalized spacial score (nSPS) is 13.2. The molecule has 11 heteroatoms. The van der Waals surface area contributed by atoms with Crippen molar-refractivity contribution in [3.8, 4) is 11.1 Å². The maximum atomic E-state index is 13.2. The van der Waals surface area contributed by atoms with Crippen LogP contribution in [0.2, 0.25) is 0 Å². The summed E-state index contributed by atoms with van der Waals surface area (Å²) in [4.78, 5) is 50.7. The van der Waals surface area contributed by atoms with E-state index in [0.717, 1.165) is 22.3 Å². The SMILES string of the molecule is CN(C)C(=O)C(Cl)c1ccc(NC(=O)[C@H](CCCNC(N)=O)NC(=O)OCC2c3ccccc3-c3ccccc32)cc1. The van der Waals surface area contributed by atoms with Gasteiger partial charge in [0, 0.05) is 32.2 Å². The Hall–Kier alpha value is -4.57. The maximum Gasteiger partial charge on any atom is 0.407 e. The van der Waals surface area contributed by atoms with Crippen molar-refractivity contribution in [3.05, 3.63) is 89.5 Å². The molecule has 220 valence electrons. The van der Waals surface area contributed by atoms with Crippen molar-refractivity contribution in [2.24, 2.45) is 5.73 Å². The molecule has 0 spiro atoms. The van der Waals surface area contributed by atoms with Gasteiger partial charge in [-0.15, -0.1) is 11.6 Å². The Balaban J connectivity index is 1.40. The third kappa shape index (κ3) is 7.38. The van der Waals surface area contributed by atoms with Crippen molar-refractivity contribution in [1.29, 1.82) is 0 Å². The van der Waals surface area contributed by atoms with Gasteiger partial charge in [-0.2, -0.15) is 0 Å². The highest BCUT2D eigenvalue weighted by Gasteiger charge is 2.30. The van der Waals surface area contributed by atoms with Crippen molar-refractivity contribution < 1.29 is 23.9 Å². The highest BCUT2D eigenvalue weighted by molar-refractivity contribution is 6.30. The molecule has 0 fully saturated rings. The molecule has 42 heavy (non-hydrogen) atoms. The second kappa shape index (κ2) is 13.9. The number of fused-ring (bicyclic) bond motifs is 3. The summed E-state index contributed by atoms with van der Waals surface area (Å²) in [7, 11) is 3.24. The Bertz CT molecular complexity index is 1400. The third-order valence-corrected chi connectivity index (χ3v) is 7.49. The van der Waals surface area contributed by atoms with Gasteiger partial charge in [0.05, 0.1) is 0 Å². The molecule has 2 atom stereocenters. The van der Waals surface area contributed by atoms with Crippen molar-refractivity contribution in [2.75, 3.05) is 32.6 Å². The summed E-state index contributed by atoms with van der Waals surface area (Å²) >= 11 is 6.26. The molecule has 0 radical (unpaired) electrons. The lowest BCUT2D eigenvalue weighted by molar-refractivity contribution is -0.128. The molecule has 5 N–H and O–H groups in total. The molecule has 0 bridgehead atoms. The number of likely N-dealkylation sites (N-methyl/N-ethyl adjacent to an activating group) is 1. The Labute approximate surface area is 249 Å². The molecular formula is C31H34ClN5O5. The first-order valence-corrected chi connectivity index (χ1v) is 14.0. The van der Waals surface area contributed by atoms with E-state index in [0.29, 0.717) is 17.7 Å². The third-order valence-electron chi connectivity index (χ3n) is 7.05. The topological polar surface area (TPSA) is 143 Å². The second-order valence-electron chi connectivity index (χ2n) is 10.2. The molecule has 0 saturated carbocycles. The van der Waals surface area contributed by atoms with E-state index in [1.165, 1.54) is 4.90 Å². The minimum Gasteiger partial charge on any atom is -0.449 e. The van der Waals surface area contributed by atoms with Gasteiger partial charge in [0.2, 0.25) is 11.8 Å². The summed E-state index contributed by atoms with van der Waals surface area (Å²) in [6.07, 6.45) is -0.137. The van der Waals surface area contributed by atoms with Gasteiger partial charge in [-0.3, -0.25) is 9.59 Å². The molecular weight excluding hydrogens is 558 g/mol. The number of primary amides is 1. The van der Waals surface area contributed by atoms with E-state index in [1.807, 2.05) is 36.4 Å². The second-order valence-corrected chi connectivity index (χ2v) is 10.6. The van der Waals surface area contributed by atoms with Gasteiger partial charge in [-0.1, -0.05) is 60.7 Å². The first-order valence-electron chi connectivity index (χ1n) is 13.6. The number of halogens is 1. The molecule has 10 nitrogen and oxygen atoms in total. The zero-order valence-electron chi connectivity index (χ0n) is 23.4. The number of nitrogens with zero attached hydrogens (tertiary/aromatic N) is 1. The van der Waals surface area contributed by atoms with E-state index in [4.69, 9.17) is 22.1 Å². The number of amides is 5. The van der Waals surface area contributed by atoms with E-state index in [2.05, 4.69) is 28.1 Å². The number of nitrogens with two attached hydrogens (primary N) is 1. The summed E-state index contributed by atoms with van der Waals surface area (Å²) < 4.78 is 5.63. The number of alkyl halides is 1. The van der Waals surface area contributed by atoms with Crippen LogP contribution in [-0.2, 0) is 14.3 Å². The fraction of sp³-hybridized carbons (Fsp3) is 0.290. The molecule has 0 aliphatic heterocycles. The molecule has 3 aromatic carbocycles. The average Bonchev–Trinajstić information content (AvgIpc) is 3.30. The molecule has 3 aromatic rings. The van der Waals surface area contributed by atoms with Crippen molar-refractivity contribution in [3.63, 3.8) is 0 Å². The van der Waals surface area contributed by atoms with E-state index in [-0.39, 0.29) is 31.4 Å². The highest BCUT2D eigenvalue weighted by atomic mass is 35.5. The average molecular weight is 592 g/mol. The molecule has 5 amide bonds. The van der Waals surface area contributed by atoms with Gasteiger partial charge in [0.1, 0.15) is 18.0 Å². The lowest BCUT2D eigenvalue weighted by atomic mass is 9.98. The molecule has 1 aliphatic carbocycles. The largest absolute Gasteiger partial charge is 0.449 e. The van der Waals surface area contributed by atoms with Gasteiger partial charge < -0.3 is 31.3 Å². The fourth-order valence-corrected chi connectivity index (χ4v) is 5.24. The smallest absolute Gasteiger partial charge is 0.407 e. The zero-order valence-corrected chi connectivity index (χ0v) is 24.2. The minimum atomic E-state index is -0.953. The van der Waals surface area contributed by atoms with Gasteiger partial charge in [0.25, 0.3) is 0 Å². The summed E-state index contributed by atoms with van der Waals surface area (Å²) in [5.41, 5.74) is 10.6. The van der Waals surface area contributed by atoms with E-state index in [9.17, 15) is 19.2 Å². The van der Waals surface area contributed by atoms with Crippen LogP contribution in [0.15, 0.2) is 72.8 Å². The molecule has 1 aliphatic rings. The summed E-state index contributed by atoms with van der Waals surface area (Å²) in [5.74, 6) is -0.855. The maximum absolute atomic E-state index is 13.2. The standard InChI is InChI=1S/C31H34ClN5O5/c1-37(2)29(39)27(32)19-13-15-20(16-14-19)35-28(38)26(12-7-17-34-30(33)40)36-31(41)42-18-25-23-10-5-3-8-21(23)22-9-4-6-11-24(22)25/h3-6,8-11,13-16,25-27H,7,12,17-18H2,1-2H3,(H,35,38)(H,36,41)(H3,33,34,40)/t26-,27?/m0/s1. The van der Waals surface area contributed by atoms with Crippen LogP contribution in [0, 0.1) is 0 Å². The van der Waals surface area contributed by atoms with Crippen LogP contribution < -0.4 is 21.7 Å². The monoisotopic (exact) mass is 591 g/mol. The van der Waals surface area contributed by atoms with Crippen LogP contribution >= 0.6 is 11.6 Å². The first kappa shape index (κ1) is 30.4. The summed E-state index contributed by atoms with van der Waals surface area (Å²) in [6.45, 7) is 0.335. The number of anilines is 1. The summed E-state index contributed by atoms with van der Waals surface area (Å²) in [5, 5.41) is 7.07. The van der Waals surface area contributed by atoms with Crippen LogP contribution in [0.4, 0.5) is 15.3 Å². The quantitative estimate of drug-likeness (QED) is 0.194. The number of hydrogen-bond donors (Lipinski definition) is 4. The lowest BCUT2D eigenvalue weighted by Crippen LogP contribution is -2.44. The number of carbonyl (C=O) groups excluding carboxylic acids is 4. The van der Waals surface area contributed by atoms with Gasteiger partial charge in [0.15, 0.2) is 0 Å². The molecule has 1 unspecified atom stereocenters.